The minimum absolute atomic E-state index is 0.0482. The van der Waals surface area contributed by atoms with E-state index in [2.05, 4.69) is 10.3 Å². The molecule has 0 radical (unpaired) electrons. The monoisotopic (exact) mass is 317 g/mol. The Morgan fingerprint density at radius 2 is 2.14 bits per heavy atom. The molecular formula is C16H13ClFN3O. The molecule has 0 atom stereocenters. The lowest BCUT2D eigenvalue weighted by Crippen LogP contribution is -2.17. The molecule has 1 N–H and O–H groups in total. The van der Waals surface area contributed by atoms with Gasteiger partial charge in [0.2, 0.25) is 0 Å². The van der Waals surface area contributed by atoms with Crippen LogP contribution in [0.2, 0.25) is 5.02 Å². The third-order valence-electron chi connectivity index (χ3n) is 3.27. The summed E-state index contributed by atoms with van der Waals surface area (Å²) in [6.45, 7) is 2.14. The Labute approximate surface area is 131 Å². The molecule has 0 saturated heterocycles. The summed E-state index contributed by atoms with van der Waals surface area (Å²) in [5.41, 5.74) is 2.17. The molecule has 0 aliphatic heterocycles. The summed E-state index contributed by atoms with van der Waals surface area (Å²) in [4.78, 5) is 16.5. The van der Waals surface area contributed by atoms with Crippen LogP contribution in [0.3, 0.4) is 0 Å². The van der Waals surface area contributed by atoms with Crippen molar-refractivity contribution in [3.05, 3.63) is 75.0 Å². The molecule has 0 bridgehead atoms. The molecule has 2 heterocycles. The van der Waals surface area contributed by atoms with Crippen molar-refractivity contribution in [1.29, 1.82) is 0 Å². The summed E-state index contributed by atoms with van der Waals surface area (Å²) in [6, 6.07) is 9.81. The number of fused-ring (bicyclic) bond motifs is 1. The van der Waals surface area contributed by atoms with Crippen LogP contribution in [-0.4, -0.2) is 9.38 Å². The van der Waals surface area contributed by atoms with Crippen LogP contribution in [0, 0.1) is 12.7 Å². The average molecular weight is 318 g/mol. The molecule has 0 aliphatic carbocycles. The second-order valence-corrected chi connectivity index (χ2v) is 5.38. The number of nitrogens with zero attached hydrogens (tertiary/aromatic N) is 2. The second-order valence-electron chi connectivity index (χ2n) is 4.98. The number of hydrogen-bond donors (Lipinski definition) is 1. The number of aromatic nitrogens is 2. The zero-order chi connectivity index (χ0) is 15.7. The topological polar surface area (TPSA) is 46.4 Å². The van der Waals surface area contributed by atoms with Gasteiger partial charge in [0.25, 0.3) is 5.56 Å². The van der Waals surface area contributed by atoms with Crippen LogP contribution < -0.4 is 10.9 Å². The van der Waals surface area contributed by atoms with Gasteiger partial charge in [-0.15, -0.1) is 0 Å². The largest absolute Gasteiger partial charge is 0.377 e. The highest BCUT2D eigenvalue weighted by atomic mass is 35.5. The number of pyridine rings is 1. The fourth-order valence-electron chi connectivity index (χ4n) is 2.17. The molecule has 0 fully saturated rings. The van der Waals surface area contributed by atoms with Crippen molar-refractivity contribution in [2.24, 2.45) is 0 Å². The van der Waals surface area contributed by atoms with E-state index in [0.717, 1.165) is 5.56 Å². The fraction of sp³-hybridized carbons (Fsp3) is 0.125. The van der Waals surface area contributed by atoms with Crippen LogP contribution in [0.4, 0.5) is 10.1 Å². The van der Waals surface area contributed by atoms with E-state index in [1.165, 1.54) is 16.5 Å². The number of aryl methyl sites for hydroxylation is 1. The molecule has 0 spiro atoms. The maximum absolute atomic E-state index is 13.8. The minimum Gasteiger partial charge on any atom is -0.377 e. The number of anilines is 1. The summed E-state index contributed by atoms with van der Waals surface area (Å²) in [7, 11) is 0. The van der Waals surface area contributed by atoms with Gasteiger partial charge < -0.3 is 5.32 Å². The first kappa shape index (κ1) is 14.5. The third kappa shape index (κ3) is 2.80. The Balaban J connectivity index is 1.90. The molecule has 0 unspecified atom stereocenters. The van der Waals surface area contributed by atoms with Crippen molar-refractivity contribution in [3.63, 3.8) is 0 Å². The molecule has 1 aromatic carbocycles. The first-order valence-electron chi connectivity index (χ1n) is 6.71. The number of nitrogens with one attached hydrogen (secondary N) is 1. The van der Waals surface area contributed by atoms with Crippen molar-refractivity contribution in [2.75, 3.05) is 5.32 Å². The van der Waals surface area contributed by atoms with Crippen LogP contribution in [0.5, 0.6) is 0 Å². The van der Waals surface area contributed by atoms with Gasteiger partial charge in [0.05, 0.1) is 22.9 Å². The minimum atomic E-state index is -0.516. The molecule has 22 heavy (non-hydrogen) atoms. The third-order valence-corrected chi connectivity index (χ3v) is 3.56. The highest BCUT2D eigenvalue weighted by molar-refractivity contribution is 6.31. The van der Waals surface area contributed by atoms with Gasteiger partial charge in [0, 0.05) is 12.3 Å². The van der Waals surface area contributed by atoms with Crippen LogP contribution in [0.1, 0.15) is 11.3 Å². The van der Waals surface area contributed by atoms with Crippen molar-refractivity contribution in [1.82, 2.24) is 9.38 Å². The Bertz CT molecular complexity index is 908. The lowest BCUT2D eigenvalue weighted by molar-refractivity contribution is 0.630. The van der Waals surface area contributed by atoms with E-state index in [9.17, 15) is 9.18 Å². The quantitative estimate of drug-likeness (QED) is 0.805. The van der Waals surface area contributed by atoms with Crippen LogP contribution >= 0.6 is 11.6 Å². The van der Waals surface area contributed by atoms with Crippen molar-refractivity contribution in [3.8, 4) is 0 Å². The Morgan fingerprint density at radius 3 is 2.95 bits per heavy atom. The number of rotatable bonds is 3. The maximum atomic E-state index is 13.8. The summed E-state index contributed by atoms with van der Waals surface area (Å²) in [5, 5.41) is 2.95. The van der Waals surface area contributed by atoms with Gasteiger partial charge in [-0.1, -0.05) is 23.7 Å². The van der Waals surface area contributed by atoms with Gasteiger partial charge in [0.15, 0.2) is 5.82 Å². The van der Waals surface area contributed by atoms with E-state index < -0.39 is 5.82 Å². The molecule has 0 aliphatic rings. The van der Waals surface area contributed by atoms with Crippen molar-refractivity contribution in [2.45, 2.75) is 13.5 Å². The van der Waals surface area contributed by atoms with E-state index in [-0.39, 0.29) is 22.8 Å². The molecular weight excluding hydrogens is 305 g/mol. The summed E-state index contributed by atoms with van der Waals surface area (Å²) in [6.07, 6.45) is 1.73. The molecule has 6 heteroatoms. The first-order valence-corrected chi connectivity index (χ1v) is 7.09. The molecule has 0 saturated carbocycles. The van der Waals surface area contributed by atoms with Crippen LogP contribution in [-0.2, 0) is 6.54 Å². The zero-order valence-corrected chi connectivity index (χ0v) is 12.6. The van der Waals surface area contributed by atoms with Gasteiger partial charge in [0.1, 0.15) is 5.65 Å². The van der Waals surface area contributed by atoms with Gasteiger partial charge in [-0.2, -0.15) is 0 Å². The van der Waals surface area contributed by atoms with Gasteiger partial charge in [-0.25, -0.2) is 9.37 Å². The Hall–Kier alpha value is -2.40. The molecule has 3 rings (SSSR count). The molecule has 3 aromatic rings. The van der Waals surface area contributed by atoms with E-state index in [1.807, 2.05) is 13.0 Å². The highest BCUT2D eigenvalue weighted by Gasteiger charge is 2.07. The Morgan fingerprint density at radius 1 is 1.32 bits per heavy atom. The standard InChI is InChI=1S/C16H13ClFN3O/c1-10-5-6-14-20-11(7-15(22)21(14)9-10)8-19-13-4-2-3-12(17)16(13)18/h2-7,9,19H,8H2,1H3. The van der Waals surface area contributed by atoms with Crippen molar-refractivity contribution < 1.29 is 4.39 Å². The van der Waals surface area contributed by atoms with Crippen LogP contribution in [0.15, 0.2) is 47.4 Å². The number of hydrogen-bond acceptors (Lipinski definition) is 3. The van der Waals surface area contributed by atoms with Crippen molar-refractivity contribution >= 4 is 22.9 Å². The summed E-state index contributed by atoms with van der Waals surface area (Å²) < 4.78 is 15.3. The van der Waals surface area contributed by atoms with Crippen LogP contribution in [0.25, 0.3) is 5.65 Å². The predicted molar refractivity (Wildman–Crippen MR) is 84.9 cm³/mol. The fourth-order valence-corrected chi connectivity index (χ4v) is 2.35. The Kier molecular flexibility index (Phi) is 3.81. The number of halogens is 2. The summed E-state index contributed by atoms with van der Waals surface area (Å²) >= 11 is 5.73. The maximum Gasteiger partial charge on any atom is 0.258 e. The second kappa shape index (κ2) is 5.77. The zero-order valence-electron chi connectivity index (χ0n) is 11.8. The highest BCUT2D eigenvalue weighted by Crippen LogP contribution is 2.22. The van der Waals surface area contributed by atoms with E-state index in [0.29, 0.717) is 11.3 Å². The van der Waals surface area contributed by atoms with E-state index in [4.69, 9.17) is 11.6 Å². The smallest absolute Gasteiger partial charge is 0.258 e. The first-order chi connectivity index (χ1) is 10.5. The molecule has 0 amide bonds. The van der Waals surface area contributed by atoms with Gasteiger partial charge >= 0.3 is 0 Å². The SMILES string of the molecule is Cc1ccc2nc(CNc3cccc(Cl)c3F)cc(=O)n2c1. The lowest BCUT2D eigenvalue weighted by Gasteiger charge is -2.09. The molecule has 2 aromatic heterocycles. The molecule has 4 nitrogen and oxygen atoms in total. The van der Waals surface area contributed by atoms with Gasteiger partial charge in [-0.3, -0.25) is 9.20 Å². The van der Waals surface area contributed by atoms with E-state index >= 15 is 0 Å². The van der Waals surface area contributed by atoms with Gasteiger partial charge in [-0.05, 0) is 30.7 Å². The normalized spacial score (nSPS) is 10.9. The lowest BCUT2D eigenvalue weighted by atomic mass is 10.3. The summed E-state index contributed by atoms with van der Waals surface area (Å²) in [5.74, 6) is -0.516. The predicted octanol–water partition coefficient (Wildman–Crippen LogP) is 3.41. The molecule has 112 valence electrons. The number of benzene rings is 1. The van der Waals surface area contributed by atoms with E-state index in [1.54, 1.807) is 24.4 Å². The average Bonchev–Trinajstić information content (AvgIpc) is 2.49.